The van der Waals surface area contributed by atoms with Crippen LogP contribution in [0.25, 0.3) is 22.0 Å². The summed E-state index contributed by atoms with van der Waals surface area (Å²) in [4.78, 5) is 7.07. The lowest BCUT2D eigenvalue weighted by molar-refractivity contribution is -0.761. The van der Waals surface area contributed by atoms with Crippen molar-refractivity contribution in [3.05, 3.63) is 216 Å². The first-order valence-electron chi connectivity index (χ1n) is 24.4. The molecule has 9 aromatic rings. The molecule has 0 radical (unpaired) electrons. The van der Waals surface area contributed by atoms with Gasteiger partial charge in [0.1, 0.15) is 0 Å². The molecule has 1 unspecified atom stereocenters. The summed E-state index contributed by atoms with van der Waals surface area (Å²) in [7, 11) is 0. The van der Waals surface area contributed by atoms with Gasteiger partial charge in [-0.25, -0.2) is 0 Å². The van der Waals surface area contributed by atoms with E-state index in [2.05, 4.69) is 256 Å². The molecule has 0 N–H and O–H groups in total. The molecule has 1 atom stereocenters. The molecule has 0 saturated carbocycles. The Bertz CT molecular complexity index is 3080. The van der Waals surface area contributed by atoms with Crippen molar-refractivity contribution in [3.8, 4) is 22.8 Å². The average molecular weight is 888 g/mol. The molecule has 5 nitrogen and oxygen atoms in total. The van der Waals surface area contributed by atoms with Gasteiger partial charge in [-0.15, -0.1) is 0 Å². The lowest BCUT2D eigenvalue weighted by atomic mass is 9.69. The van der Waals surface area contributed by atoms with E-state index in [9.17, 15) is 0 Å². The largest absolute Gasteiger partial charge is 0.453 e. The van der Waals surface area contributed by atoms with Gasteiger partial charge in [0.25, 0.3) is 0 Å². The fraction of sp³-hybridized carbons (Fsp3) is 0.190. The van der Waals surface area contributed by atoms with E-state index in [4.69, 9.17) is 4.74 Å². The standard InChI is InChI=1S/C63H59N4O/c1-8-57-55-34-31-51(39-56(55)62-54-14-12-11-13-46(54)37-38-64(62)63(57,9-2)10-3)67-58-35-32-52(65(47-23-15-42(4)16-24-47)48-25-17-43(5)18-26-48)40-60(58)68-61-41-53(33-36-59(61)67)66(49-27-19-44(6)20-28-49)50-29-21-45(7)22-30-50/h11-41,57H,8-10H2,1-7H3/q+1. The number of benzene rings is 8. The smallest absolute Gasteiger partial charge is 0.221 e. The molecule has 0 amide bonds. The van der Waals surface area contributed by atoms with E-state index in [-0.39, 0.29) is 5.54 Å². The predicted octanol–water partition coefficient (Wildman–Crippen LogP) is 17.6. The zero-order chi connectivity index (χ0) is 46.7. The number of hydrogen-bond donors (Lipinski definition) is 0. The van der Waals surface area contributed by atoms with Crippen molar-refractivity contribution in [1.29, 1.82) is 0 Å². The maximum atomic E-state index is 7.25. The second-order valence-electron chi connectivity index (χ2n) is 18.9. The molecule has 0 spiro atoms. The van der Waals surface area contributed by atoms with Crippen LogP contribution in [0.5, 0.6) is 11.5 Å². The minimum atomic E-state index is -0.0326. The minimum Gasteiger partial charge on any atom is -0.453 e. The van der Waals surface area contributed by atoms with Crippen LogP contribution in [0.4, 0.5) is 51.2 Å². The lowest BCUT2D eigenvalue weighted by Crippen LogP contribution is -2.62. The van der Waals surface area contributed by atoms with Gasteiger partial charge in [0, 0.05) is 76.8 Å². The van der Waals surface area contributed by atoms with Gasteiger partial charge < -0.3 is 19.4 Å². The Morgan fingerprint density at radius 3 is 1.41 bits per heavy atom. The quantitative estimate of drug-likeness (QED) is 0.128. The Hall–Kier alpha value is -7.63. The Labute approximate surface area is 402 Å². The van der Waals surface area contributed by atoms with Gasteiger partial charge in [-0.05, 0) is 136 Å². The van der Waals surface area contributed by atoms with Crippen molar-refractivity contribution in [2.24, 2.45) is 0 Å². The number of rotatable bonds is 10. The van der Waals surface area contributed by atoms with E-state index in [1.807, 2.05) is 0 Å². The molecule has 2 aliphatic heterocycles. The van der Waals surface area contributed by atoms with Crippen LogP contribution < -0.4 is 24.0 Å². The van der Waals surface area contributed by atoms with Crippen molar-refractivity contribution in [2.75, 3.05) is 14.7 Å². The summed E-state index contributed by atoms with van der Waals surface area (Å²) in [6.45, 7) is 15.7. The Morgan fingerprint density at radius 1 is 0.500 bits per heavy atom. The highest BCUT2D eigenvalue weighted by Gasteiger charge is 2.51. The molecule has 336 valence electrons. The van der Waals surface area contributed by atoms with Crippen molar-refractivity contribution in [1.82, 2.24) is 0 Å². The summed E-state index contributed by atoms with van der Waals surface area (Å²) in [5.74, 6) is 1.93. The number of nitrogens with zero attached hydrogens (tertiary/aromatic N) is 4. The van der Waals surface area contributed by atoms with Crippen LogP contribution in [0.1, 0.15) is 73.8 Å². The number of aromatic nitrogens is 1. The van der Waals surface area contributed by atoms with Gasteiger partial charge in [0.15, 0.2) is 23.2 Å². The van der Waals surface area contributed by atoms with E-state index in [1.54, 1.807) is 0 Å². The number of ether oxygens (including phenoxy) is 1. The predicted molar refractivity (Wildman–Crippen MR) is 284 cm³/mol. The van der Waals surface area contributed by atoms with Crippen LogP contribution in [-0.4, -0.2) is 0 Å². The molecule has 3 heterocycles. The van der Waals surface area contributed by atoms with Gasteiger partial charge in [-0.2, -0.15) is 4.57 Å². The molecule has 68 heavy (non-hydrogen) atoms. The SMILES string of the molecule is CCC1c2ccc(N3c4ccc(N(c5ccc(C)cc5)c5ccc(C)cc5)cc4Oc4cc(N(c5ccc(C)cc5)c5ccc(C)cc5)ccc43)cc2-c2c3ccccc3cc[n+]2C1(CC)CC. The zero-order valence-corrected chi connectivity index (χ0v) is 40.3. The topological polar surface area (TPSA) is 22.8 Å². The maximum Gasteiger partial charge on any atom is 0.221 e. The third-order valence-corrected chi connectivity index (χ3v) is 14.8. The second-order valence-corrected chi connectivity index (χ2v) is 18.9. The number of hydrogen-bond acceptors (Lipinski definition) is 4. The molecular weight excluding hydrogens is 829 g/mol. The van der Waals surface area contributed by atoms with Gasteiger partial charge in [-0.3, -0.25) is 0 Å². The molecule has 1 aromatic heterocycles. The lowest BCUT2D eigenvalue weighted by Gasteiger charge is -2.41. The second kappa shape index (κ2) is 17.2. The highest BCUT2D eigenvalue weighted by molar-refractivity contribution is 5.97. The summed E-state index contributed by atoms with van der Waals surface area (Å²) in [5, 5.41) is 2.54. The Kier molecular flexibility index (Phi) is 10.9. The van der Waals surface area contributed by atoms with E-state index in [0.29, 0.717) is 5.92 Å². The number of aryl methyl sites for hydroxylation is 4. The average Bonchev–Trinajstić information content (AvgIpc) is 3.37. The summed E-state index contributed by atoms with van der Waals surface area (Å²) in [6.07, 6.45) is 5.53. The molecule has 0 fully saturated rings. The highest BCUT2D eigenvalue weighted by Crippen LogP contribution is 2.56. The van der Waals surface area contributed by atoms with Gasteiger partial charge >= 0.3 is 0 Å². The summed E-state index contributed by atoms with van der Waals surface area (Å²) in [6, 6.07) is 67.0. The number of fused-ring (bicyclic) bond motifs is 7. The normalized spacial score (nSPS) is 14.3. The summed E-state index contributed by atoms with van der Waals surface area (Å²) >= 11 is 0. The summed E-state index contributed by atoms with van der Waals surface area (Å²) < 4.78 is 9.89. The fourth-order valence-electron chi connectivity index (χ4n) is 11.2. The molecule has 2 aliphatic rings. The van der Waals surface area contributed by atoms with Crippen molar-refractivity contribution >= 4 is 62.0 Å². The van der Waals surface area contributed by atoms with Crippen LogP contribution >= 0.6 is 0 Å². The third-order valence-electron chi connectivity index (χ3n) is 14.8. The van der Waals surface area contributed by atoms with E-state index < -0.39 is 0 Å². The molecule has 0 bridgehead atoms. The van der Waals surface area contributed by atoms with Crippen molar-refractivity contribution in [2.45, 2.75) is 79.2 Å². The summed E-state index contributed by atoms with van der Waals surface area (Å²) in [5.41, 5.74) is 18.3. The minimum absolute atomic E-state index is 0.0326. The van der Waals surface area contributed by atoms with Gasteiger partial charge in [-0.1, -0.05) is 116 Å². The Morgan fingerprint density at radius 2 is 0.956 bits per heavy atom. The van der Waals surface area contributed by atoms with Crippen LogP contribution in [0.2, 0.25) is 0 Å². The maximum absolute atomic E-state index is 7.25. The Balaban J connectivity index is 1.13. The monoisotopic (exact) mass is 887 g/mol. The first-order valence-corrected chi connectivity index (χ1v) is 24.4. The number of anilines is 9. The van der Waals surface area contributed by atoms with E-state index in [0.717, 1.165) is 81.9 Å². The number of pyridine rings is 1. The van der Waals surface area contributed by atoms with Crippen LogP contribution in [0.15, 0.2) is 188 Å². The third kappa shape index (κ3) is 7.20. The molecule has 8 aromatic carbocycles. The molecule has 0 aliphatic carbocycles. The van der Waals surface area contributed by atoms with E-state index in [1.165, 1.54) is 49.8 Å². The first kappa shape index (κ1) is 43.0. The van der Waals surface area contributed by atoms with Gasteiger partial charge in [0.05, 0.1) is 22.3 Å². The fourth-order valence-corrected chi connectivity index (χ4v) is 11.2. The molecular formula is C63H59N4O+. The van der Waals surface area contributed by atoms with Crippen molar-refractivity contribution < 1.29 is 9.30 Å². The molecule has 5 heteroatoms. The molecule has 11 rings (SSSR count). The first-order chi connectivity index (χ1) is 33.2. The van der Waals surface area contributed by atoms with Gasteiger partial charge in [0.2, 0.25) is 5.69 Å². The van der Waals surface area contributed by atoms with E-state index >= 15 is 0 Å². The van der Waals surface area contributed by atoms with Crippen LogP contribution in [-0.2, 0) is 5.54 Å². The van der Waals surface area contributed by atoms with Crippen molar-refractivity contribution in [3.63, 3.8) is 0 Å². The highest BCUT2D eigenvalue weighted by atomic mass is 16.5. The molecule has 0 saturated heterocycles. The van der Waals surface area contributed by atoms with Crippen LogP contribution in [0, 0.1) is 27.7 Å². The zero-order valence-electron chi connectivity index (χ0n) is 40.3. The van der Waals surface area contributed by atoms with Crippen LogP contribution in [0.3, 0.4) is 0 Å².